The lowest BCUT2D eigenvalue weighted by atomic mass is 9.92. The second-order valence-corrected chi connectivity index (χ2v) is 8.40. The lowest BCUT2D eigenvalue weighted by molar-refractivity contribution is -0.137. The van der Waals surface area contributed by atoms with E-state index in [1.165, 1.54) is 12.1 Å². The van der Waals surface area contributed by atoms with E-state index in [2.05, 4.69) is 10.6 Å². The van der Waals surface area contributed by atoms with Gasteiger partial charge in [0.1, 0.15) is 0 Å². The number of hydrogen-bond donors (Lipinski definition) is 2. The lowest BCUT2D eigenvalue weighted by Crippen LogP contribution is -2.38. The average molecular weight is 475 g/mol. The Kier molecular flexibility index (Phi) is 7.15. The fourth-order valence-corrected chi connectivity index (χ4v) is 4.11. The molecule has 0 heterocycles. The van der Waals surface area contributed by atoms with Gasteiger partial charge in [-0.2, -0.15) is 13.2 Å². The number of halogens is 6. The first-order valence-electron chi connectivity index (χ1n) is 10.3. The van der Waals surface area contributed by atoms with Gasteiger partial charge in [-0.15, -0.1) is 12.4 Å². The van der Waals surface area contributed by atoms with E-state index < -0.39 is 23.6 Å². The third-order valence-corrected chi connectivity index (χ3v) is 6.01. The van der Waals surface area contributed by atoms with Crippen molar-refractivity contribution in [2.75, 3.05) is 5.32 Å². The van der Waals surface area contributed by atoms with Crippen LogP contribution in [-0.2, 0) is 6.18 Å². The summed E-state index contributed by atoms with van der Waals surface area (Å²) in [6, 6.07) is 11.9. The molecule has 2 atom stereocenters. The molecule has 0 bridgehead atoms. The standard InChI is InChI=1S/C23H23F5N2O.ClH/c24-22(25)10-8-18(9-11-22)29-20-13-19(20)14-4-6-17(7-5-14)30-21(31)15-2-1-3-16(12-15)23(26,27)28;/h1-7,12,18-20,29H,8-11,13H2,(H,30,31);1H/t19-,20+;/m0./s1. The van der Waals surface area contributed by atoms with E-state index in [1.807, 2.05) is 12.1 Å². The van der Waals surface area contributed by atoms with Gasteiger partial charge in [-0.25, -0.2) is 8.78 Å². The van der Waals surface area contributed by atoms with Crippen LogP contribution in [-0.4, -0.2) is 23.9 Å². The van der Waals surface area contributed by atoms with Gasteiger partial charge >= 0.3 is 6.18 Å². The van der Waals surface area contributed by atoms with Crippen molar-refractivity contribution in [1.29, 1.82) is 0 Å². The molecule has 32 heavy (non-hydrogen) atoms. The predicted octanol–water partition coefficient (Wildman–Crippen LogP) is 6.40. The van der Waals surface area contributed by atoms with Crippen molar-refractivity contribution in [2.24, 2.45) is 0 Å². The Morgan fingerprint density at radius 3 is 2.28 bits per heavy atom. The Morgan fingerprint density at radius 2 is 1.66 bits per heavy atom. The molecular weight excluding hydrogens is 451 g/mol. The Hall–Kier alpha value is -2.19. The maximum Gasteiger partial charge on any atom is 0.416 e. The van der Waals surface area contributed by atoms with E-state index in [1.54, 1.807) is 12.1 Å². The predicted molar refractivity (Wildman–Crippen MR) is 115 cm³/mol. The number of hydrogen-bond acceptors (Lipinski definition) is 2. The minimum Gasteiger partial charge on any atom is -0.322 e. The molecule has 2 aromatic carbocycles. The first-order chi connectivity index (χ1) is 14.6. The van der Waals surface area contributed by atoms with Crippen molar-refractivity contribution in [3.05, 3.63) is 65.2 Å². The van der Waals surface area contributed by atoms with Crippen molar-refractivity contribution in [3.63, 3.8) is 0 Å². The molecule has 2 aromatic rings. The molecule has 1 amide bonds. The van der Waals surface area contributed by atoms with Gasteiger partial charge in [-0.3, -0.25) is 4.79 Å². The summed E-state index contributed by atoms with van der Waals surface area (Å²) in [5.41, 5.74) is 0.634. The number of carbonyl (C=O) groups excluding carboxylic acids is 1. The SMILES string of the molecule is Cl.O=C(Nc1ccc([C@@H]2C[C@H]2NC2CCC(F)(F)CC2)cc1)c1cccc(C(F)(F)F)c1. The van der Waals surface area contributed by atoms with Crippen LogP contribution in [0.25, 0.3) is 0 Å². The summed E-state index contributed by atoms with van der Waals surface area (Å²) in [5.74, 6) is -2.84. The van der Waals surface area contributed by atoms with Crippen molar-refractivity contribution in [2.45, 2.75) is 62.2 Å². The highest BCUT2D eigenvalue weighted by atomic mass is 35.5. The molecule has 4 rings (SSSR count). The van der Waals surface area contributed by atoms with Gasteiger partial charge in [-0.1, -0.05) is 18.2 Å². The fraction of sp³-hybridized carbons (Fsp3) is 0.435. The number of anilines is 1. The summed E-state index contributed by atoms with van der Waals surface area (Å²) < 4.78 is 65.0. The molecule has 0 saturated heterocycles. The number of rotatable bonds is 5. The van der Waals surface area contributed by atoms with E-state index in [9.17, 15) is 26.7 Å². The van der Waals surface area contributed by atoms with E-state index in [4.69, 9.17) is 0 Å². The monoisotopic (exact) mass is 474 g/mol. The van der Waals surface area contributed by atoms with E-state index in [0.29, 0.717) is 24.4 Å². The fourth-order valence-electron chi connectivity index (χ4n) is 4.11. The minimum atomic E-state index is -4.51. The molecule has 0 aromatic heterocycles. The number of amides is 1. The zero-order valence-electron chi connectivity index (χ0n) is 17.1. The maximum absolute atomic E-state index is 13.3. The highest BCUT2D eigenvalue weighted by Gasteiger charge is 2.42. The van der Waals surface area contributed by atoms with Crippen molar-refractivity contribution < 1.29 is 26.7 Å². The molecule has 0 aliphatic heterocycles. The van der Waals surface area contributed by atoms with Gasteiger partial charge in [0.25, 0.3) is 5.91 Å². The normalized spacial score (nSPS) is 22.7. The highest BCUT2D eigenvalue weighted by molar-refractivity contribution is 6.04. The van der Waals surface area contributed by atoms with Gasteiger partial charge in [-0.05, 0) is 55.2 Å². The number of alkyl halides is 5. The molecular formula is C23H24ClF5N2O. The van der Waals surface area contributed by atoms with Gasteiger partial charge < -0.3 is 10.6 Å². The Bertz CT molecular complexity index is 938. The third-order valence-electron chi connectivity index (χ3n) is 6.01. The molecule has 174 valence electrons. The minimum absolute atomic E-state index is 0. The van der Waals surface area contributed by atoms with Crippen LogP contribution in [0.3, 0.4) is 0 Å². The summed E-state index contributed by atoms with van der Waals surface area (Å²) in [7, 11) is 0. The van der Waals surface area contributed by atoms with Gasteiger partial charge in [0, 0.05) is 42.1 Å². The molecule has 0 unspecified atom stereocenters. The van der Waals surface area contributed by atoms with Crippen molar-refractivity contribution in [1.82, 2.24) is 5.32 Å². The van der Waals surface area contributed by atoms with Crippen molar-refractivity contribution in [3.8, 4) is 0 Å². The average Bonchev–Trinajstić information content (AvgIpc) is 3.49. The molecule has 0 radical (unpaired) electrons. The zero-order chi connectivity index (χ0) is 22.2. The topological polar surface area (TPSA) is 41.1 Å². The van der Waals surface area contributed by atoms with Gasteiger partial charge in [0.15, 0.2) is 0 Å². The summed E-state index contributed by atoms with van der Waals surface area (Å²) in [4.78, 5) is 12.3. The molecule has 2 saturated carbocycles. The maximum atomic E-state index is 13.3. The van der Waals surface area contributed by atoms with Gasteiger partial charge in [0.2, 0.25) is 5.92 Å². The second kappa shape index (κ2) is 9.35. The molecule has 2 aliphatic carbocycles. The van der Waals surface area contributed by atoms with Gasteiger partial charge in [0.05, 0.1) is 5.56 Å². The van der Waals surface area contributed by atoms with Crippen LogP contribution in [0.2, 0.25) is 0 Å². The largest absolute Gasteiger partial charge is 0.416 e. The molecule has 3 nitrogen and oxygen atoms in total. The summed E-state index contributed by atoms with van der Waals surface area (Å²) in [6.07, 6.45) is -2.74. The molecule has 2 N–H and O–H groups in total. The van der Waals surface area contributed by atoms with Crippen LogP contribution in [0.4, 0.5) is 27.6 Å². The molecule has 0 spiro atoms. The lowest BCUT2D eigenvalue weighted by Gasteiger charge is -2.29. The molecule has 2 fully saturated rings. The quantitative estimate of drug-likeness (QED) is 0.492. The highest BCUT2D eigenvalue weighted by Crippen LogP contribution is 2.43. The Balaban J connectivity index is 0.00000289. The summed E-state index contributed by atoms with van der Waals surface area (Å²) >= 11 is 0. The van der Waals surface area contributed by atoms with Crippen LogP contribution >= 0.6 is 12.4 Å². The Morgan fingerprint density at radius 1 is 1.00 bits per heavy atom. The number of carbonyl (C=O) groups is 1. The Labute approximate surface area is 189 Å². The van der Waals surface area contributed by atoms with Crippen LogP contribution < -0.4 is 10.6 Å². The van der Waals surface area contributed by atoms with E-state index in [0.717, 1.165) is 24.1 Å². The first kappa shape index (κ1) is 24.5. The summed E-state index contributed by atoms with van der Waals surface area (Å²) in [6.45, 7) is 0. The van der Waals surface area contributed by atoms with E-state index >= 15 is 0 Å². The first-order valence-corrected chi connectivity index (χ1v) is 10.3. The van der Waals surface area contributed by atoms with Crippen molar-refractivity contribution >= 4 is 24.0 Å². The number of nitrogens with one attached hydrogen (secondary N) is 2. The third kappa shape index (κ3) is 5.98. The summed E-state index contributed by atoms with van der Waals surface area (Å²) in [5, 5.41) is 6.08. The molecule has 9 heteroatoms. The van der Waals surface area contributed by atoms with Crippen LogP contribution in [0.15, 0.2) is 48.5 Å². The van der Waals surface area contributed by atoms with Crippen LogP contribution in [0.1, 0.15) is 59.5 Å². The van der Waals surface area contributed by atoms with E-state index in [-0.39, 0.29) is 42.9 Å². The smallest absolute Gasteiger partial charge is 0.322 e. The zero-order valence-corrected chi connectivity index (χ0v) is 17.9. The number of benzene rings is 2. The second-order valence-electron chi connectivity index (χ2n) is 8.40. The van der Waals surface area contributed by atoms with Crippen LogP contribution in [0.5, 0.6) is 0 Å². The molecule has 2 aliphatic rings. The van der Waals surface area contributed by atoms with Crippen LogP contribution in [0, 0.1) is 0 Å².